The molecule has 0 unspecified atom stereocenters. The number of hydrogen-bond donors (Lipinski definition) is 2. The van der Waals surface area contributed by atoms with Crippen molar-refractivity contribution in [2.24, 2.45) is 0 Å². The van der Waals surface area contributed by atoms with Crippen molar-refractivity contribution in [1.29, 1.82) is 0 Å². The summed E-state index contributed by atoms with van der Waals surface area (Å²) in [5.41, 5.74) is 5.38. The van der Waals surface area contributed by atoms with E-state index in [1.165, 1.54) is 5.56 Å². The molecule has 7 heteroatoms. The number of aliphatic hydroxyl groups excluding tert-OH is 1. The first-order valence-electron chi connectivity index (χ1n) is 9.85. The molecule has 0 fully saturated rings. The van der Waals surface area contributed by atoms with Crippen LogP contribution >= 0.6 is 11.3 Å². The second kappa shape index (κ2) is 9.56. The molecule has 2 aromatic carbocycles. The Morgan fingerprint density at radius 1 is 1.07 bits per heavy atom. The predicted octanol–water partition coefficient (Wildman–Crippen LogP) is 3.85. The maximum absolute atomic E-state index is 12.5. The van der Waals surface area contributed by atoms with Crippen LogP contribution in [0.2, 0.25) is 0 Å². The van der Waals surface area contributed by atoms with Crippen molar-refractivity contribution in [3.63, 3.8) is 0 Å². The number of urea groups is 1. The van der Waals surface area contributed by atoms with Gasteiger partial charge in [0, 0.05) is 26.2 Å². The average molecular weight is 421 g/mol. The Kier molecular flexibility index (Phi) is 6.41. The van der Waals surface area contributed by atoms with Gasteiger partial charge < -0.3 is 19.9 Å². The minimum Gasteiger partial charge on any atom is -0.395 e. The minimum atomic E-state index is -0.177. The molecule has 0 aliphatic carbocycles. The van der Waals surface area contributed by atoms with E-state index in [9.17, 15) is 9.90 Å². The molecule has 2 aromatic heterocycles. The van der Waals surface area contributed by atoms with Crippen LogP contribution in [0.1, 0.15) is 16.7 Å². The van der Waals surface area contributed by atoms with Gasteiger partial charge in [-0.3, -0.25) is 0 Å². The molecular formula is C23H24N4O2S. The van der Waals surface area contributed by atoms with Crippen LogP contribution in [0, 0.1) is 0 Å². The van der Waals surface area contributed by atoms with Gasteiger partial charge in [0.1, 0.15) is 0 Å². The molecule has 0 spiro atoms. The van der Waals surface area contributed by atoms with Gasteiger partial charge in [-0.15, -0.1) is 0 Å². The Bertz CT molecular complexity index is 1090. The maximum Gasteiger partial charge on any atom is 0.318 e. The van der Waals surface area contributed by atoms with Crippen LogP contribution in [0.5, 0.6) is 0 Å². The summed E-state index contributed by atoms with van der Waals surface area (Å²) in [6, 6.07) is 18.1. The van der Waals surface area contributed by atoms with Crippen molar-refractivity contribution in [2.45, 2.75) is 19.6 Å². The number of aromatic nitrogens is 2. The zero-order valence-corrected chi connectivity index (χ0v) is 17.4. The molecule has 0 radical (unpaired) electrons. The number of hydrogen-bond acceptors (Lipinski definition) is 4. The van der Waals surface area contributed by atoms with E-state index in [0.717, 1.165) is 28.7 Å². The van der Waals surface area contributed by atoms with Gasteiger partial charge in [0.15, 0.2) is 0 Å². The first-order valence-corrected chi connectivity index (χ1v) is 10.8. The summed E-state index contributed by atoms with van der Waals surface area (Å²) < 4.78 is 2.13. The number of rotatable bonds is 8. The molecule has 30 heavy (non-hydrogen) atoms. The van der Waals surface area contributed by atoms with Crippen LogP contribution in [0.15, 0.2) is 71.7 Å². The van der Waals surface area contributed by atoms with Crippen molar-refractivity contribution in [3.8, 4) is 0 Å². The summed E-state index contributed by atoms with van der Waals surface area (Å²) in [6.07, 6.45) is 1.86. The van der Waals surface area contributed by atoms with Gasteiger partial charge in [0.05, 0.1) is 24.0 Å². The normalized spacial score (nSPS) is 11.0. The Morgan fingerprint density at radius 3 is 2.63 bits per heavy atom. The quantitative estimate of drug-likeness (QED) is 0.455. The molecule has 6 nitrogen and oxygen atoms in total. The van der Waals surface area contributed by atoms with E-state index in [4.69, 9.17) is 0 Å². The van der Waals surface area contributed by atoms with Crippen LogP contribution in [-0.2, 0) is 19.6 Å². The van der Waals surface area contributed by atoms with Gasteiger partial charge in [-0.25, -0.2) is 9.78 Å². The third-order valence-corrected chi connectivity index (χ3v) is 5.69. The molecule has 0 bridgehead atoms. The van der Waals surface area contributed by atoms with Crippen LogP contribution < -0.4 is 5.32 Å². The smallest absolute Gasteiger partial charge is 0.318 e. The highest BCUT2D eigenvalue weighted by Crippen LogP contribution is 2.15. The third-order valence-electron chi connectivity index (χ3n) is 4.96. The van der Waals surface area contributed by atoms with E-state index >= 15 is 0 Å². The first kappa shape index (κ1) is 20.1. The SMILES string of the molecule is O=C(NCc1ccc(Cn2cnc3ccccc32)cc1)N(CCO)Cc1ccsc1. The van der Waals surface area contributed by atoms with Crippen LogP contribution in [0.3, 0.4) is 0 Å². The Morgan fingerprint density at radius 2 is 1.87 bits per heavy atom. The van der Waals surface area contributed by atoms with E-state index in [1.807, 2.05) is 53.5 Å². The van der Waals surface area contributed by atoms with Crippen molar-refractivity contribution < 1.29 is 9.90 Å². The largest absolute Gasteiger partial charge is 0.395 e. The fourth-order valence-corrected chi connectivity index (χ4v) is 4.02. The number of carbonyl (C=O) groups is 1. The van der Waals surface area contributed by atoms with Gasteiger partial charge >= 0.3 is 6.03 Å². The average Bonchev–Trinajstić information content (AvgIpc) is 3.43. The topological polar surface area (TPSA) is 70.4 Å². The summed E-state index contributed by atoms with van der Waals surface area (Å²) >= 11 is 1.60. The lowest BCUT2D eigenvalue weighted by Crippen LogP contribution is -2.40. The van der Waals surface area contributed by atoms with Crippen molar-refractivity contribution in [2.75, 3.05) is 13.2 Å². The molecule has 4 aromatic rings. The van der Waals surface area contributed by atoms with Gasteiger partial charge in [0.25, 0.3) is 0 Å². The number of fused-ring (bicyclic) bond motifs is 1. The molecule has 0 atom stereocenters. The fraction of sp³-hybridized carbons (Fsp3) is 0.217. The number of benzene rings is 2. The Labute approximate surface area is 179 Å². The molecule has 2 amide bonds. The highest BCUT2D eigenvalue weighted by atomic mass is 32.1. The van der Waals surface area contributed by atoms with E-state index in [1.54, 1.807) is 16.2 Å². The Hall–Kier alpha value is -3.16. The summed E-state index contributed by atoms with van der Waals surface area (Å²) in [5.74, 6) is 0. The second-order valence-corrected chi connectivity index (χ2v) is 7.89. The fourth-order valence-electron chi connectivity index (χ4n) is 3.36. The zero-order chi connectivity index (χ0) is 20.8. The van der Waals surface area contributed by atoms with E-state index in [0.29, 0.717) is 19.6 Å². The van der Waals surface area contributed by atoms with Gasteiger partial charge in [-0.1, -0.05) is 36.4 Å². The third kappa shape index (κ3) is 4.87. The molecule has 4 rings (SSSR count). The monoisotopic (exact) mass is 420 g/mol. The van der Waals surface area contributed by atoms with Crippen molar-refractivity contribution in [3.05, 3.63) is 88.4 Å². The molecule has 154 valence electrons. The summed E-state index contributed by atoms with van der Waals surface area (Å²) in [7, 11) is 0. The lowest BCUT2D eigenvalue weighted by atomic mass is 10.1. The lowest BCUT2D eigenvalue weighted by molar-refractivity contribution is 0.174. The number of imidazole rings is 1. The van der Waals surface area contributed by atoms with E-state index in [2.05, 4.69) is 33.1 Å². The van der Waals surface area contributed by atoms with Gasteiger partial charge in [0.2, 0.25) is 0 Å². The van der Waals surface area contributed by atoms with E-state index < -0.39 is 0 Å². The molecule has 0 saturated carbocycles. The molecule has 0 aliphatic rings. The first-order chi connectivity index (χ1) is 14.7. The molecule has 0 saturated heterocycles. The molecule has 2 heterocycles. The van der Waals surface area contributed by atoms with Crippen LogP contribution in [0.4, 0.5) is 4.79 Å². The molecular weight excluding hydrogens is 396 g/mol. The minimum absolute atomic E-state index is 0.0603. The second-order valence-electron chi connectivity index (χ2n) is 7.11. The zero-order valence-electron chi connectivity index (χ0n) is 16.6. The predicted molar refractivity (Wildman–Crippen MR) is 119 cm³/mol. The maximum atomic E-state index is 12.5. The van der Waals surface area contributed by atoms with Crippen LogP contribution in [-0.4, -0.2) is 38.7 Å². The number of amides is 2. The van der Waals surface area contributed by atoms with Crippen molar-refractivity contribution in [1.82, 2.24) is 19.8 Å². The number of nitrogens with zero attached hydrogens (tertiary/aromatic N) is 3. The highest BCUT2D eigenvalue weighted by molar-refractivity contribution is 7.07. The molecule has 2 N–H and O–H groups in total. The number of thiophene rings is 1. The van der Waals surface area contributed by atoms with Gasteiger partial charge in [-0.2, -0.15) is 11.3 Å². The van der Waals surface area contributed by atoms with E-state index in [-0.39, 0.29) is 12.6 Å². The summed E-state index contributed by atoms with van der Waals surface area (Å²) in [4.78, 5) is 18.6. The summed E-state index contributed by atoms with van der Waals surface area (Å²) in [5, 5.41) is 16.2. The van der Waals surface area contributed by atoms with Crippen LogP contribution in [0.25, 0.3) is 11.0 Å². The number of carbonyl (C=O) groups excluding carboxylic acids is 1. The van der Waals surface area contributed by atoms with Crippen molar-refractivity contribution >= 4 is 28.4 Å². The highest BCUT2D eigenvalue weighted by Gasteiger charge is 2.13. The lowest BCUT2D eigenvalue weighted by Gasteiger charge is -2.22. The summed E-state index contributed by atoms with van der Waals surface area (Å²) in [6.45, 7) is 1.93. The Balaban J connectivity index is 1.34. The van der Waals surface area contributed by atoms with Gasteiger partial charge in [-0.05, 0) is 45.6 Å². The standard InChI is InChI=1S/C23H24N4O2S/c28-11-10-26(15-20-9-12-30-16-20)23(29)24-13-18-5-7-19(8-6-18)14-27-17-25-21-3-1-2-4-22(21)27/h1-9,12,16-17,28H,10-11,13-15H2,(H,24,29). The number of nitrogens with one attached hydrogen (secondary N) is 1. The molecule has 0 aliphatic heterocycles. The number of para-hydroxylation sites is 2. The number of aliphatic hydroxyl groups is 1.